The topological polar surface area (TPSA) is 69.2 Å². The summed E-state index contributed by atoms with van der Waals surface area (Å²) in [6, 6.07) is 13.8. The Morgan fingerprint density at radius 1 is 0.926 bits per heavy atom. The van der Waals surface area contributed by atoms with Crippen molar-refractivity contribution >= 4 is 5.69 Å². The Bertz CT molecular complexity index is 678. The molecule has 2 aromatic carbocycles. The Morgan fingerprint density at radius 2 is 1.67 bits per heavy atom. The molecule has 27 heavy (non-hydrogen) atoms. The van der Waals surface area contributed by atoms with E-state index in [1.54, 1.807) is 21.3 Å². The van der Waals surface area contributed by atoms with Gasteiger partial charge in [0.25, 0.3) is 0 Å². The smallest absolute Gasteiger partial charge is 0.205 e. The van der Waals surface area contributed by atoms with E-state index in [9.17, 15) is 5.11 Å². The average molecular weight is 375 g/mol. The van der Waals surface area contributed by atoms with E-state index in [-0.39, 0.29) is 0 Å². The summed E-state index contributed by atoms with van der Waals surface area (Å²) in [6.07, 6.45) is 0.872. The van der Waals surface area contributed by atoms with Crippen LogP contribution < -0.4 is 19.5 Å². The van der Waals surface area contributed by atoms with E-state index in [2.05, 4.69) is 17.4 Å². The van der Waals surface area contributed by atoms with Crippen molar-refractivity contribution in [3.05, 3.63) is 48.0 Å². The molecule has 0 amide bonds. The number of aliphatic hydroxyl groups is 1. The number of rotatable bonds is 12. The van der Waals surface area contributed by atoms with Crippen LogP contribution in [0.1, 0.15) is 12.0 Å². The van der Waals surface area contributed by atoms with Gasteiger partial charge < -0.3 is 29.4 Å². The van der Waals surface area contributed by atoms with Crippen molar-refractivity contribution in [1.82, 2.24) is 0 Å². The zero-order valence-corrected chi connectivity index (χ0v) is 16.2. The van der Waals surface area contributed by atoms with Gasteiger partial charge in [-0.1, -0.05) is 30.3 Å². The first-order chi connectivity index (χ1) is 13.2. The molecule has 2 N–H and O–H groups in total. The Kier molecular flexibility index (Phi) is 8.74. The highest BCUT2D eigenvalue weighted by Gasteiger charge is 2.15. The lowest BCUT2D eigenvalue weighted by Crippen LogP contribution is -2.20. The Labute approximate surface area is 161 Å². The second-order valence-corrected chi connectivity index (χ2v) is 6.06. The first-order valence-corrected chi connectivity index (χ1v) is 9.02. The first-order valence-electron chi connectivity index (χ1n) is 9.02. The molecular formula is C21H29NO5. The number of nitrogens with one attached hydrogen (secondary N) is 1. The summed E-state index contributed by atoms with van der Waals surface area (Å²) >= 11 is 0. The molecule has 148 valence electrons. The molecule has 1 atom stereocenters. The van der Waals surface area contributed by atoms with Gasteiger partial charge in [-0.3, -0.25) is 0 Å². The minimum atomic E-state index is -0.528. The van der Waals surface area contributed by atoms with Gasteiger partial charge in [-0.05, 0) is 30.5 Å². The number of hydrogen-bond donors (Lipinski definition) is 2. The molecule has 0 aliphatic carbocycles. The standard InChI is InChI=1S/C21H29NO5/c1-24-19-10-9-18(20(25-2)21(19)26-3)22-13-11-17(23)15-27-14-12-16-7-5-4-6-8-16/h4-10,17,22-23H,11-15H2,1-3H3. The van der Waals surface area contributed by atoms with Crippen molar-refractivity contribution in [3.8, 4) is 17.2 Å². The lowest BCUT2D eigenvalue weighted by atomic mass is 10.2. The van der Waals surface area contributed by atoms with E-state index in [1.165, 1.54) is 5.56 Å². The summed E-state index contributed by atoms with van der Waals surface area (Å²) < 4.78 is 21.7. The van der Waals surface area contributed by atoms with Crippen LogP contribution in [-0.4, -0.2) is 52.3 Å². The van der Waals surface area contributed by atoms with E-state index >= 15 is 0 Å². The predicted molar refractivity (Wildman–Crippen MR) is 106 cm³/mol. The molecule has 0 aromatic heterocycles. The van der Waals surface area contributed by atoms with Gasteiger partial charge in [0.05, 0.1) is 46.3 Å². The van der Waals surface area contributed by atoms with E-state index in [0.717, 1.165) is 12.1 Å². The fourth-order valence-corrected chi connectivity index (χ4v) is 2.75. The second kappa shape index (κ2) is 11.3. The van der Waals surface area contributed by atoms with Crippen LogP contribution in [0, 0.1) is 0 Å². The number of methoxy groups -OCH3 is 3. The number of anilines is 1. The zero-order valence-electron chi connectivity index (χ0n) is 16.2. The predicted octanol–water partition coefficient (Wildman–Crippen LogP) is 3.13. The molecule has 2 rings (SSSR count). The molecule has 0 radical (unpaired) electrons. The van der Waals surface area contributed by atoms with E-state index < -0.39 is 6.10 Å². The Morgan fingerprint density at radius 3 is 2.33 bits per heavy atom. The summed E-state index contributed by atoms with van der Waals surface area (Å²) in [4.78, 5) is 0. The Balaban J connectivity index is 1.73. The van der Waals surface area contributed by atoms with Crippen LogP contribution in [0.25, 0.3) is 0 Å². The second-order valence-electron chi connectivity index (χ2n) is 6.06. The van der Waals surface area contributed by atoms with Crippen molar-refractivity contribution in [2.45, 2.75) is 18.9 Å². The molecule has 2 aromatic rings. The van der Waals surface area contributed by atoms with Gasteiger partial charge in [-0.2, -0.15) is 0 Å². The highest BCUT2D eigenvalue weighted by molar-refractivity contribution is 5.68. The molecule has 0 saturated heterocycles. The third-order valence-corrected chi connectivity index (χ3v) is 4.19. The van der Waals surface area contributed by atoms with Crippen LogP contribution in [0.5, 0.6) is 17.2 Å². The number of aliphatic hydroxyl groups excluding tert-OH is 1. The van der Waals surface area contributed by atoms with Crippen LogP contribution in [0.15, 0.2) is 42.5 Å². The third kappa shape index (κ3) is 6.34. The molecule has 6 nitrogen and oxygen atoms in total. The molecule has 0 saturated carbocycles. The molecule has 6 heteroatoms. The highest BCUT2D eigenvalue weighted by atomic mass is 16.5. The van der Waals surface area contributed by atoms with Crippen LogP contribution >= 0.6 is 0 Å². The van der Waals surface area contributed by atoms with Crippen molar-refractivity contribution in [3.63, 3.8) is 0 Å². The quantitative estimate of drug-likeness (QED) is 0.556. The Hall–Kier alpha value is -2.44. The molecule has 0 bridgehead atoms. The first kappa shape index (κ1) is 20.9. The molecule has 0 aliphatic heterocycles. The number of ether oxygens (including phenoxy) is 4. The molecular weight excluding hydrogens is 346 g/mol. The fraction of sp³-hybridized carbons (Fsp3) is 0.429. The summed E-state index contributed by atoms with van der Waals surface area (Å²) in [5.41, 5.74) is 2.02. The normalized spacial score (nSPS) is 11.7. The van der Waals surface area contributed by atoms with Crippen LogP contribution in [-0.2, 0) is 11.2 Å². The van der Waals surface area contributed by atoms with Crippen LogP contribution in [0.4, 0.5) is 5.69 Å². The van der Waals surface area contributed by atoms with E-state index in [4.69, 9.17) is 18.9 Å². The van der Waals surface area contributed by atoms with Crippen molar-refractivity contribution in [1.29, 1.82) is 0 Å². The molecule has 0 heterocycles. The lowest BCUT2D eigenvalue weighted by molar-refractivity contribution is 0.0356. The highest BCUT2D eigenvalue weighted by Crippen LogP contribution is 2.42. The van der Waals surface area contributed by atoms with Gasteiger partial charge in [-0.15, -0.1) is 0 Å². The zero-order chi connectivity index (χ0) is 19.5. The number of benzene rings is 2. The van der Waals surface area contributed by atoms with E-state index in [0.29, 0.717) is 43.4 Å². The summed E-state index contributed by atoms with van der Waals surface area (Å²) in [7, 11) is 4.73. The summed E-state index contributed by atoms with van der Waals surface area (Å²) in [5.74, 6) is 1.71. The van der Waals surface area contributed by atoms with Gasteiger partial charge in [-0.25, -0.2) is 0 Å². The summed E-state index contributed by atoms with van der Waals surface area (Å²) in [5, 5.41) is 13.4. The van der Waals surface area contributed by atoms with Gasteiger partial charge in [0.2, 0.25) is 5.75 Å². The monoisotopic (exact) mass is 375 g/mol. The van der Waals surface area contributed by atoms with Crippen molar-refractivity contribution in [2.75, 3.05) is 46.4 Å². The summed E-state index contributed by atoms with van der Waals surface area (Å²) in [6.45, 7) is 1.49. The fourth-order valence-electron chi connectivity index (χ4n) is 2.75. The maximum atomic E-state index is 10.1. The third-order valence-electron chi connectivity index (χ3n) is 4.19. The van der Waals surface area contributed by atoms with Gasteiger partial charge in [0.1, 0.15) is 0 Å². The minimum Gasteiger partial charge on any atom is -0.493 e. The number of hydrogen-bond acceptors (Lipinski definition) is 6. The molecule has 0 aliphatic rings. The van der Waals surface area contributed by atoms with Gasteiger partial charge >= 0.3 is 0 Å². The van der Waals surface area contributed by atoms with Gasteiger partial charge in [0, 0.05) is 6.54 Å². The average Bonchev–Trinajstić information content (AvgIpc) is 2.71. The van der Waals surface area contributed by atoms with Crippen LogP contribution in [0.3, 0.4) is 0 Å². The minimum absolute atomic E-state index is 0.317. The van der Waals surface area contributed by atoms with Crippen molar-refractivity contribution in [2.24, 2.45) is 0 Å². The molecule has 0 fully saturated rings. The van der Waals surface area contributed by atoms with E-state index in [1.807, 2.05) is 30.3 Å². The lowest BCUT2D eigenvalue weighted by Gasteiger charge is -2.17. The molecule has 0 spiro atoms. The molecule has 1 unspecified atom stereocenters. The largest absolute Gasteiger partial charge is 0.493 e. The van der Waals surface area contributed by atoms with Gasteiger partial charge in [0.15, 0.2) is 11.5 Å². The van der Waals surface area contributed by atoms with Crippen molar-refractivity contribution < 1.29 is 24.1 Å². The van der Waals surface area contributed by atoms with Crippen LogP contribution in [0.2, 0.25) is 0 Å². The maximum Gasteiger partial charge on any atom is 0.205 e. The SMILES string of the molecule is COc1ccc(NCCC(O)COCCc2ccccc2)c(OC)c1OC. The maximum absolute atomic E-state index is 10.1.